The predicted octanol–water partition coefficient (Wildman–Crippen LogP) is 7.20. The van der Waals surface area contributed by atoms with E-state index in [1.165, 1.54) is 5.57 Å². The molecule has 2 unspecified atom stereocenters. The highest BCUT2D eigenvalue weighted by Crippen LogP contribution is 2.50. The van der Waals surface area contributed by atoms with Crippen molar-refractivity contribution in [3.05, 3.63) is 57.3 Å². The van der Waals surface area contributed by atoms with Crippen molar-refractivity contribution in [2.24, 2.45) is 11.3 Å². The zero-order chi connectivity index (χ0) is 25.8. The number of aryl methyl sites for hydroxylation is 1. The van der Waals surface area contributed by atoms with Gasteiger partial charge in [-0.1, -0.05) is 57.8 Å². The average molecular weight is 499 g/mol. The summed E-state index contributed by atoms with van der Waals surface area (Å²) in [5, 5.41) is 13.6. The molecule has 1 fully saturated rings. The van der Waals surface area contributed by atoms with Crippen LogP contribution in [0, 0.1) is 11.3 Å². The molecule has 0 bridgehead atoms. The van der Waals surface area contributed by atoms with Crippen LogP contribution in [0.4, 0.5) is 4.79 Å². The molecular weight excluding hydrogens is 460 g/mol. The molecule has 2 amide bonds. The first kappa shape index (κ1) is 25.8. The molecule has 190 valence electrons. The molecule has 1 heterocycles. The Kier molecular flexibility index (Phi) is 6.63. The molecule has 4 rings (SSSR count). The van der Waals surface area contributed by atoms with Gasteiger partial charge in [-0.2, -0.15) is 0 Å². The number of carbonyl (C=O) groups is 2. The minimum Gasteiger partial charge on any atom is -0.478 e. The number of hydrogen-bond acceptors (Lipinski definition) is 2. The summed E-state index contributed by atoms with van der Waals surface area (Å²) < 4.78 is 0. The van der Waals surface area contributed by atoms with Gasteiger partial charge in [-0.15, -0.1) is 0 Å². The van der Waals surface area contributed by atoms with Gasteiger partial charge in [0, 0.05) is 23.2 Å². The maximum atomic E-state index is 13.6. The Balaban J connectivity index is 1.72. The smallest absolute Gasteiger partial charge is 0.331 e. The first-order valence-electron chi connectivity index (χ1n) is 12.9. The van der Waals surface area contributed by atoms with E-state index in [-0.39, 0.29) is 11.4 Å². The van der Waals surface area contributed by atoms with Gasteiger partial charge in [0.1, 0.15) is 0 Å². The van der Waals surface area contributed by atoms with Gasteiger partial charge in [-0.25, -0.2) is 9.59 Å². The molecular formula is C29H39ClN2O3. The normalized spacial score (nSPS) is 28.8. The van der Waals surface area contributed by atoms with Crippen molar-refractivity contribution in [1.82, 2.24) is 10.2 Å². The Bertz CT molecular complexity index is 1120. The van der Waals surface area contributed by atoms with E-state index in [9.17, 15) is 14.7 Å². The minimum absolute atomic E-state index is 0.178. The van der Waals surface area contributed by atoms with Crippen LogP contribution >= 0.6 is 11.6 Å². The molecule has 1 aromatic carbocycles. The van der Waals surface area contributed by atoms with Crippen LogP contribution in [0.5, 0.6) is 0 Å². The van der Waals surface area contributed by atoms with Crippen molar-refractivity contribution in [3.63, 3.8) is 0 Å². The molecule has 35 heavy (non-hydrogen) atoms. The highest BCUT2D eigenvalue weighted by molar-refractivity contribution is 6.31. The van der Waals surface area contributed by atoms with Crippen molar-refractivity contribution in [2.45, 2.75) is 97.6 Å². The standard InChI is InChI=1S/C29H39ClN2O3/c1-7-19-10-13-29(21-9-8-20(24(30)15-21)11-12-27(3,4)5)22(14-19)17-32(26(35)31-29)28(6)16-23(18(28)2)25(33)34/h8-9,15,17,19H,7,10-14,16H2,1-6H3,(H,31,35)(H,33,34)/t19?,28?,29-/m0/s1. The van der Waals surface area contributed by atoms with E-state index in [4.69, 9.17) is 11.6 Å². The summed E-state index contributed by atoms with van der Waals surface area (Å²) in [4.78, 5) is 26.9. The van der Waals surface area contributed by atoms with Gasteiger partial charge in [0.2, 0.25) is 0 Å². The quantitative estimate of drug-likeness (QED) is 0.435. The van der Waals surface area contributed by atoms with Gasteiger partial charge < -0.3 is 10.4 Å². The lowest BCUT2D eigenvalue weighted by molar-refractivity contribution is -0.133. The largest absolute Gasteiger partial charge is 0.478 e. The Labute approximate surface area is 214 Å². The maximum Gasteiger partial charge on any atom is 0.331 e. The fourth-order valence-corrected chi connectivity index (χ4v) is 6.18. The number of amides is 2. The zero-order valence-electron chi connectivity index (χ0n) is 21.9. The van der Waals surface area contributed by atoms with Crippen LogP contribution in [-0.2, 0) is 16.8 Å². The Morgan fingerprint density at radius 3 is 2.60 bits per heavy atom. The number of carboxylic acids is 1. The third-order valence-electron chi connectivity index (χ3n) is 8.65. The summed E-state index contributed by atoms with van der Waals surface area (Å²) in [6.07, 6.45) is 8.21. The zero-order valence-corrected chi connectivity index (χ0v) is 22.7. The topological polar surface area (TPSA) is 69.6 Å². The molecule has 1 aromatic rings. The summed E-state index contributed by atoms with van der Waals surface area (Å²) in [5.74, 6) is -0.336. The second-order valence-corrected chi connectivity index (χ2v) is 12.5. The number of carboxylic acid groups (broad SMARTS) is 1. The third kappa shape index (κ3) is 4.52. The van der Waals surface area contributed by atoms with Crippen LogP contribution < -0.4 is 5.32 Å². The highest BCUT2D eigenvalue weighted by Gasteiger charge is 2.52. The molecule has 2 aliphatic carbocycles. The number of carbonyl (C=O) groups excluding carboxylic acids is 1. The van der Waals surface area contributed by atoms with Gasteiger partial charge in [-0.3, -0.25) is 4.90 Å². The first-order valence-corrected chi connectivity index (χ1v) is 13.2. The number of nitrogens with zero attached hydrogens (tertiary/aromatic N) is 1. The summed E-state index contributed by atoms with van der Waals surface area (Å²) >= 11 is 6.79. The van der Waals surface area contributed by atoms with Crippen LogP contribution in [0.1, 0.15) is 91.2 Å². The van der Waals surface area contributed by atoms with E-state index < -0.39 is 17.0 Å². The fourth-order valence-electron chi connectivity index (χ4n) is 5.90. The Morgan fingerprint density at radius 2 is 2.03 bits per heavy atom. The molecule has 3 aliphatic rings. The van der Waals surface area contributed by atoms with E-state index in [1.54, 1.807) is 4.90 Å². The number of urea groups is 1. The summed E-state index contributed by atoms with van der Waals surface area (Å²) in [7, 11) is 0. The molecule has 1 aliphatic heterocycles. The highest BCUT2D eigenvalue weighted by atomic mass is 35.5. The van der Waals surface area contributed by atoms with E-state index in [0.717, 1.165) is 60.2 Å². The Hall–Kier alpha value is -2.27. The van der Waals surface area contributed by atoms with Crippen LogP contribution in [0.25, 0.3) is 0 Å². The number of benzene rings is 1. The van der Waals surface area contributed by atoms with Crippen molar-refractivity contribution < 1.29 is 14.7 Å². The molecule has 6 heteroatoms. The van der Waals surface area contributed by atoms with Crippen molar-refractivity contribution in [1.29, 1.82) is 0 Å². The molecule has 0 aromatic heterocycles. The maximum absolute atomic E-state index is 13.6. The molecule has 2 N–H and O–H groups in total. The van der Waals surface area contributed by atoms with E-state index in [2.05, 4.69) is 45.1 Å². The fraction of sp³-hybridized carbons (Fsp3) is 0.586. The molecule has 5 nitrogen and oxygen atoms in total. The monoisotopic (exact) mass is 498 g/mol. The van der Waals surface area contributed by atoms with Gasteiger partial charge in [0.05, 0.1) is 11.1 Å². The minimum atomic E-state index is -0.899. The van der Waals surface area contributed by atoms with Crippen molar-refractivity contribution in [3.8, 4) is 0 Å². The number of rotatable bonds is 6. The van der Waals surface area contributed by atoms with E-state index in [0.29, 0.717) is 17.9 Å². The van der Waals surface area contributed by atoms with Gasteiger partial charge in [0.25, 0.3) is 0 Å². The predicted molar refractivity (Wildman–Crippen MR) is 140 cm³/mol. The SMILES string of the molecule is CCC1CC[C@@]2(c3ccc(CCC(C)(C)C)c(Cl)c3)NC(=O)N(C3(C)CC(C(=O)O)=C3C)C=C2C1. The van der Waals surface area contributed by atoms with Crippen molar-refractivity contribution in [2.75, 3.05) is 0 Å². The lowest BCUT2D eigenvalue weighted by Gasteiger charge is -2.54. The van der Waals surface area contributed by atoms with E-state index in [1.807, 2.05) is 26.1 Å². The lowest BCUT2D eigenvalue weighted by Crippen LogP contribution is -2.64. The van der Waals surface area contributed by atoms with Crippen LogP contribution in [0.3, 0.4) is 0 Å². The molecule has 0 spiro atoms. The average Bonchev–Trinajstić information content (AvgIpc) is 2.79. The van der Waals surface area contributed by atoms with Crippen LogP contribution in [0.2, 0.25) is 5.02 Å². The summed E-state index contributed by atoms with van der Waals surface area (Å²) in [6.45, 7) is 12.7. The molecule has 1 saturated carbocycles. The lowest BCUT2D eigenvalue weighted by atomic mass is 9.66. The second kappa shape index (κ2) is 8.99. The Morgan fingerprint density at radius 1 is 1.31 bits per heavy atom. The van der Waals surface area contributed by atoms with Crippen LogP contribution in [-0.4, -0.2) is 27.5 Å². The number of aliphatic carboxylic acids is 1. The van der Waals surface area contributed by atoms with Gasteiger partial charge in [-0.05, 0) is 85.6 Å². The number of fused-ring (bicyclic) bond motifs is 1. The number of hydrogen-bond donors (Lipinski definition) is 2. The summed E-state index contributed by atoms with van der Waals surface area (Å²) in [5.41, 5.74) is 3.56. The van der Waals surface area contributed by atoms with E-state index >= 15 is 0 Å². The van der Waals surface area contributed by atoms with Crippen molar-refractivity contribution >= 4 is 23.6 Å². The summed E-state index contributed by atoms with van der Waals surface area (Å²) in [6, 6.07) is 6.13. The number of halogens is 1. The van der Waals surface area contributed by atoms with Gasteiger partial charge >= 0.3 is 12.0 Å². The first-order chi connectivity index (χ1) is 16.3. The van der Waals surface area contributed by atoms with Crippen LogP contribution in [0.15, 0.2) is 41.1 Å². The third-order valence-corrected chi connectivity index (χ3v) is 9.00. The molecule has 0 saturated heterocycles. The molecule has 3 atom stereocenters. The number of nitrogens with one attached hydrogen (secondary N) is 1. The second-order valence-electron chi connectivity index (χ2n) is 12.1. The van der Waals surface area contributed by atoms with Gasteiger partial charge in [0.15, 0.2) is 0 Å². The molecule has 0 radical (unpaired) electrons.